The predicted octanol–water partition coefficient (Wildman–Crippen LogP) is 3.99. The van der Waals surface area contributed by atoms with Crippen LogP contribution in [0.15, 0.2) is 36.4 Å². The van der Waals surface area contributed by atoms with Gasteiger partial charge >= 0.3 is 0 Å². The number of hydrogen-bond donors (Lipinski definition) is 0. The molecule has 0 atom stereocenters. The van der Waals surface area contributed by atoms with Crippen LogP contribution < -0.4 is 0 Å². The van der Waals surface area contributed by atoms with Crippen molar-refractivity contribution in [3.63, 3.8) is 0 Å². The van der Waals surface area contributed by atoms with E-state index in [-0.39, 0.29) is 16.0 Å². The van der Waals surface area contributed by atoms with Gasteiger partial charge in [-0.3, -0.25) is 19.8 Å². The van der Waals surface area contributed by atoms with Gasteiger partial charge in [-0.2, -0.15) is 5.10 Å². The van der Waals surface area contributed by atoms with E-state index in [4.69, 9.17) is 4.98 Å². The number of nitro benzene ring substituents is 1. The largest absolute Gasteiger partial charge is 0.280 e. The van der Waals surface area contributed by atoms with Gasteiger partial charge in [0.05, 0.1) is 28.4 Å². The van der Waals surface area contributed by atoms with E-state index in [2.05, 4.69) is 25.9 Å². The van der Waals surface area contributed by atoms with Crippen LogP contribution >= 0.6 is 0 Å². The first kappa shape index (κ1) is 16.1. The molecule has 1 aromatic carbocycles. The summed E-state index contributed by atoms with van der Waals surface area (Å²) in [6.07, 6.45) is 0. The van der Waals surface area contributed by atoms with Gasteiger partial charge in [-0.05, 0) is 25.1 Å². The van der Waals surface area contributed by atoms with Crippen LogP contribution in [0.25, 0.3) is 10.9 Å². The Labute approximate surface area is 140 Å². The van der Waals surface area contributed by atoms with Gasteiger partial charge in [0.15, 0.2) is 0 Å². The predicted molar refractivity (Wildman–Crippen MR) is 93.2 cm³/mol. The van der Waals surface area contributed by atoms with Crippen LogP contribution in [0.2, 0.25) is 0 Å². The normalized spacial score (nSPS) is 11.8. The first-order valence-corrected chi connectivity index (χ1v) is 7.84. The van der Waals surface area contributed by atoms with E-state index in [0.29, 0.717) is 17.6 Å². The van der Waals surface area contributed by atoms with Crippen LogP contribution in [0, 0.1) is 17.0 Å². The summed E-state index contributed by atoms with van der Waals surface area (Å²) in [4.78, 5) is 15.6. The monoisotopic (exact) mass is 324 g/mol. The quantitative estimate of drug-likeness (QED) is 0.539. The third kappa shape index (κ3) is 2.87. The highest BCUT2D eigenvalue weighted by Crippen LogP contribution is 2.28. The van der Waals surface area contributed by atoms with Gasteiger partial charge in [-0.25, -0.2) is 0 Å². The van der Waals surface area contributed by atoms with E-state index in [9.17, 15) is 10.1 Å². The number of aromatic nitrogens is 3. The maximum Gasteiger partial charge on any atom is 0.280 e. The Balaban J connectivity index is 2.06. The highest BCUT2D eigenvalue weighted by atomic mass is 16.6. The molecule has 124 valence electrons. The molecule has 0 N–H and O–H groups in total. The van der Waals surface area contributed by atoms with Gasteiger partial charge in [-0.15, -0.1) is 0 Å². The van der Waals surface area contributed by atoms with E-state index in [1.165, 1.54) is 6.07 Å². The highest BCUT2D eigenvalue weighted by molar-refractivity contribution is 5.90. The Kier molecular flexibility index (Phi) is 3.83. The third-order valence-electron chi connectivity index (χ3n) is 4.01. The number of hydrogen-bond acceptors (Lipinski definition) is 4. The van der Waals surface area contributed by atoms with Crippen molar-refractivity contribution < 1.29 is 4.92 Å². The molecule has 0 bridgehead atoms. The molecule has 0 fully saturated rings. The molecule has 3 rings (SSSR count). The number of benzene rings is 1. The Morgan fingerprint density at radius 1 is 1.17 bits per heavy atom. The Hall–Kier alpha value is -2.76. The minimum Gasteiger partial charge on any atom is -0.258 e. The Morgan fingerprint density at radius 2 is 1.88 bits per heavy atom. The lowest BCUT2D eigenvalue weighted by atomic mass is 9.91. The standard InChI is InChI=1S/C18H20N4O2/c1-12-17-14(8-6-9-15(17)22(23)24)21(20-12)11-13-7-5-10-16(19-13)18(2,3)4/h5-10H,11H2,1-4H3. The number of fused-ring (bicyclic) bond motifs is 1. The molecule has 0 radical (unpaired) electrons. The fourth-order valence-electron chi connectivity index (χ4n) is 2.81. The third-order valence-corrected chi connectivity index (χ3v) is 4.01. The fourth-order valence-corrected chi connectivity index (χ4v) is 2.81. The molecule has 0 aliphatic rings. The van der Waals surface area contributed by atoms with Gasteiger partial charge in [0.2, 0.25) is 0 Å². The summed E-state index contributed by atoms with van der Waals surface area (Å²) in [6, 6.07) is 11.0. The van der Waals surface area contributed by atoms with Crippen molar-refractivity contribution in [1.29, 1.82) is 0 Å². The summed E-state index contributed by atoms with van der Waals surface area (Å²) in [6.45, 7) is 8.64. The maximum absolute atomic E-state index is 11.2. The smallest absolute Gasteiger partial charge is 0.258 e. The second-order valence-electron chi connectivity index (χ2n) is 6.94. The zero-order valence-electron chi connectivity index (χ0n) is 14.3. The first-order chi connectivity index (χ1) is 11.3. The summed E-state index contributed by atoms with van der Waals surface area (Å²) in [5, 5.41) is 16.3. The molecule has 0 unspecified atom stereocenters. The minimum absolute atomic E-state index is 0.0309. The van der Waals surface area contributed by atoms with Crippen molar-refractivity contribution in [2.24, 2.45) is 0 Å². The van der Waals surface area contributed by atoms with Gasteiger partial charge < -0.3 is 0 Å². The second-order valence-corrected chi connectivity index (χ2v) is 6.94. The van der Waals surface area contributed by atoms with E-state index < -0.39 is 0 Å². The van der Waals surface area contributed by atoms with Crippen LogP contribution in [0.5, 0.6) is 0 Å². The Bertz CT molecular complexity index is 922. The number of nitro groups is 1. The molecular weight excluding hydrogens is 304 g/mol. The molecule has 6 nitrogen and oxygen atoms in total. The number of aryl methyl sites for hydroxylation is 1. The lowest BCUT2D eigenvalue weighted by molar-refractivity contribution is -0.383. The van der Waals surface area contributed by atoms with Crippen LogP contribution in [0.3, 0.4) is 0 Å². The van der Waals surface area contributed by atoms with E-state index in [1.54, 1.807) is 17.7 Å². The van der Waals surface area contributed by atoms with Crippen LogP contribution in [0.1, 0.15) is 37.9 Å². The molecule has 0 aliphatic carbocycles. The molecule has 24 heavy (non-hydrogen) atoms. The second kappa shape index (κ2) is 5.70. The van der Waals surface area contributed by atoms with E-state index in [1.807, 2.05) is 24.3 Å². The van der Waals surface area contributed by atoms with Crippen LogP contribution in [0.4, 0.5) is 5.69 Å². The van der Waals surface area contributed by atoms with Crippen molar-refractivity contribution in [1.82, 2.24) is 14.8 Å². The van der Waals surface area contributed by atoms with Crippen molar-refractivity contribution in [3.8, 4) is 0 Å². The van der Waals surface area contributed by atoms with Crippen molar-refractivity contribution in [2.75, 3.05) is 0 Å². The van der Waals surface area contributed by atoms with Crippen molar-refractivity contribution >= 4 is 16.6 Å². The number of rotatable bonds is 3. The zero-order chi connectivity index (χ0) is 17.5. The summed E-state index contributed by atoms with van der Waals surface area (Å²) in [7, 11) is 0. The summed E-state index contributed by atoms with van der Waals surface area (Å²) in [5.41, 5.74) is 3.37. The molecular formula is C18H20N4O2. The first-order valence-electron chi connectivity index (χ1n) is 7.84. The highest BCUT2D eigenvalue weighted by Gasteiger charge is 2.19. The molecule has 2 aromatic heterocycles. The minimum atomic E-state index is -0.361. The lowest BCUT2D eigenvalue weighted by Gasteiger charge is -2.18. The molecule has 0 amide bonds. The number of nitrogens with zero attached hydrogens (tertiary/aromatic N) is 4. The molecule has 6 heteroatoms. The molecule has 0 spiro atoms. The van der Waals surface area contributed by atoms with Gasteiger partial charge in [-0.1, -0.05) is 32.9 Å². The molecule has 0 saturated carbocycles. The average Bonchev–Trinajstić information content (AvgIpc) is 2.83. The lowest BCUT2D eigenvalue weighted by Crippen LogP contribution is -2.15. The Morgan fingerprint density at radius 3 is 2.54 bits per heavy atom. The van der Waals surface area contributed by atoms with Crippen LogP contribution in [-0.2, 0) is 12.0 Å². The van der Waals surface area contributed by atoms with Gasteiger partial charge in [0, 0.05) is 17.2 Å². The fraction of sp³-hybridized carbons (Fsp3) is 0.333. The van der Waals surface area contributed by atoms with Crippen molar-refractivity contribution in [3.05, 3.63) is 63.6 Å². The summed E-state index contributed by atoms with van der Waals surface area (Å²) >= 11 is 0. The molecule has 2 heterocycles. The topological polar surface area (TPSA) is 73.8 Å². The zero-order valence-corrected chi connectivity index (χ0v) is 14.3. The number of pyridine rings is 1. The average molecular weight is 324 g/mol. The molecule has 0 aliphatic heterocycles. The summed E-state index contributed by atoms with van der Waals surface area (Å²) < 4.78 is 1.78. The number of non-ortho nitro benzene ring substituents is 1. The van der Waals surface area contributed by atoms with Gasteiger partial charge in [0.25, 0.3) is 5.69 Å². The molecule has 0 saturated heterocycles. The van der Waals surface area contributed by atoms with Crippen molar-refractivity contribution in [2.45, 2.75) is 39.7 Å². The SMILES string of the molecule is Cc1nn(Cc2cccc(C(C)(C)C)n2)c2cccc([N+](=O)[O-])c12. The summed E-state index contributed by atoms with van der Waals surface area (Å²) in [5.74, 6) is 0. The van der Waals surface area contributed by atoms with Crippen LogP contribution in [-0.4, -0.2) is 19.7 Å². The maximum atomic E-state index is 11.2. The van der Waals surface area contributed by atoms with E-state index in [0.717, 1.165) is 16.9 Å². The van der Waals surface area contributed by atoms with E-state index >= 15 is 0 Å². The van der Waals surface area contributed by atoms with Gasteiger partial charge in [0.1, 0.15) is 5.39 Å². The molecule has 3 aromatic rings.